The van der Waals surface area contributed by atoms with Gasteiger partial charge in [0.15, 0.2) is 0 Å². The molecular formula is C18H16BrN3S. The van der Waals surface area contributed by atoms with Crippen molar-refractivity contribution in [2.45, 2.75) is 13.8 Å². The number of hydrogen-bond acceptors (Lipinski definition) is 4. The molecule has 0 spiro atoms. The van der Waals surface area contributed by atoms with Crippen molar-refractivity contribution < 1.29 is 0 Å². The molecule has 2 aromatic carbocycles. The summed E-state index contributed by atoms with van der Waals surface area (Å²) in [6.07, 6.45) is 1.83. The fourth-order valence-electron chi connectivity index (χ4n) is 2.17. The SMILES string of the molecule is Cc1c(Br)ccc(C=NNc2nc(-c3ccccc3)cs2)c1C. The van der Waals surface area contributed by atoms with Crippen LogP contribution < -0.4 is 5.43 Å². The molecule has 3 nitrogen and oxygen atoms in total. The summed E-state index contributed by atoms with van der Waals surface area (Å²) in [5.74, 6) is 0. The third-order valence-corrected chi connectivity index (χ3v) is 5.31. The van der Waals surface area contributed by atoms with E-state index >= 15 is 0 Å². The molecule has 116 valence electrons. The van der Waals surface area contributed by atoms with Crippen LogP contribution >= 0.6 is 27.3 Å². The molecule has 0 aliphatic heterocycles. The first-order valence-electron chi connectivity index (χ1n) is 7.21. The van der Waals surface area contributed by atoms with Gasteiger partial charge in [0.25, 0.3) is 0 Å². The molecule has 0 aliphatic rings. The van der Waals surface area contributed by atoms with Crippen molar-refractivity contribution in [1.29, 1.82) is 0 Å². The van der Waals surface area contributed by atoms with Crippen LogP contribution in [-0.4, -0.2) is 11.2 Å². The Bertz CT molecular complexity index is 841. The van der Waals surface area contributed by atoms with E-state index in [1.807, 2.05) is 35.9 Å². The van der Waals surface area contributed by atoms with Gasteiger partial charge in [-0.1, -0.05) is 52.3 Å². The lowest BCUT2D eigenvalue weighted by molar-refractivity contribution is 1.27. The Kier molecular flexibility index (Phi) is 4.88. The van der Waals surface area contributed by atoms with Crippen LogP contribution in [-0.2, 0) is 0 Å². The van der Waals surface area contributed by atoms with Crippen LogP contribution in [0.25, 0.3) is 11.3 Å². The Morgan fingerprint density at radius 2 is 1.87 bits per heavy atom. The van der Waals surface area contributed by atoms with Crippen LogP contribution in [0.5, 0.6) is 0 Å². The molecule has 0 unspecified atom stereocenters. The zero-order valence-electron chi connectivity index (χ0n) is 12.9. The highest BCUT2D eigenvalue weighted by atomic mass is 79.9. The summed E-state index contributed by atoms with van der Waals surface area (Å²) in [5.41, 5.74) is 8.63. The molecule has 1 heterocycles. The van der Waals surface area contributed by atoms with E-state index in [-0.39, 0.29) is 0 Å². The topological polar surface area (TPSA) is 37.3 Å². The zero-order valence-corrected chi connectivity index (χ0v) is 15.3. The predicted octanol–water partition coefficient (Wildman–Crippen LogP) is 5.64. The third-order valence-electron chi connectivity index (χ3n) is 3.70. The molecule has 0 amide bonds. The van der Waals surface area contributed by atoms with Crippen molar-refractivity contribution in [3.63, 3.8) is 0 Å². The summed E-state index contributed by atoms with van der Waals surface area (Å²) in [4.78, 5) is 4.55. The predicted molar refractivity (Wildman–Crippen MR) is 102 cm³/mol. The Hall–Kier alpha value is -1.98. The highest BCUT2D eigenvalue weighted by Crippen LogP contribution is 2.25. The maximum absolute atomic E-state index is 4.55. The van der Waals surface area contributed by atoms with Crippen LogP contribution in [0.4, 0.5) is 5.13 Å². The number of rotatable bonds is 4. The molecule has 3 rings (SSSR count). The molecule has 0 aliphatic carbocycles. The van der Waals surface area contributed by atoms with Gasteiger partial charge in [0.2, 0.25) is 5.13 Å². The van der Waals surface area contributed by atoms with Gasteiger partial charge in [0.1, 0.15) is 0 Å². The van der Waals surface area contributed by atoms with Gasteiger partial charge < -0.3 is 0 Å². The van der Waals surface area contributed by atoms with Crippen LogP contribution in [0.1, 0.15) is 16.7 Å². The minimum atomic E-state index is 0.784. The Labute approximate surface area is 148 Å². The fourth-order valence-corrected chi connectivity index (χ4v) is 3.27. The van der Waals surface area contributed by atoms with E-state index in [4.69, 9.17) is 0 Å². The van der Waals surface area contributed by atoms with Gasteiger partial charge >= 0.3 is 0 Å². The van der Waals surface area contributed by atoms with E-state index in [9.17, 15) is 0 Å². The summed E-state index contributed by atoms with van der Waals surface area (Å²) in [6.45, 7) is 4.19. The van der Waals surface area contributed by atoms with Crippen molar-refractivity contribution in [2.24, 2.45) is 5.10 Å². The van der Waals surface area contributed by atoms with Crippen molar-refractivity contribution in [1.82, 2.24) is 4.98 Å². The summed E-state index contributed by atoms with van der Waals surface area (Å²) in [7, 11) is 0. The average Bonchev–Trinajstić information content (AvgIpc) is 3.05. The minimum Gasteiger partial charge on any atom is -0.253 e. The Morgan fingerprint density at radius 1 is 1.09 bits per heavy atom. The molecule has 1 N–H and O–H groups in total. The largest absolute Gasteiger partial charge is 0.253 e. The summed E-state index contributed by atoms with van der Waals surface area (Å²) in [5, 5.41) is 7.12. The number of nitrogens with one attached hydrogen (secondary N) is 1. The number of aromatic nitrogens is 1. The van der Waals surface area contributed by atoms with Gasteiger partial charge in [-0.05, 0) is 36.6 Å². The smallest absolute Gasteiger partial charge is 0.203 e. The summed E-state index contributed by atoms with van der Waals surface area (Å²) < 4.78 is 1.12. The quantitative estimate of drug-likeness (QED) is 0.466. The van der Waals surface area contributed by atoms with Gasteiger partial charge in [-0.3, -0.25) is 5.43 Å². The highest BCUT2D eigenvalue weighted by molar-refractivity contribution is 9.10. The second kappa shape index (κ2) is 7.06. The number of anilines is 1. The average molecular weight is 386 g/mol. The first-order chi connectivity index (χ1) is 11.1. The molecule has 3 aromatic rings. The fraction of sp³-hybridized carbons (Fsp3) is 0.111. The van der Waals surface area contributed by atoms with Gasteiger partial charge in [0, 0.05) is 15.4 Å². The standard InChI is InChI=1S/C18H16BrN3S/c1-12-13(2)16(19)9-8-15(12)10-20-22-18-21-17(11-23-18)14-6-4-3-5-7-14/h3-11H,1-2H3,(H,21,22). The van der Waals surface area contributed by atoms with Gasteiger partial charge in [-0.25, -0.2) is 4.98 Å². The van der Waals surface area contributed by atoms with E-state index in [0.29, 0.717) is 0 Å². The highest BCUT2D eigenvalue weighted by Gasteiger charge is 2.04. The molecule has 0 radical (unpaired) electrons. The maximum Gasteiger partial charge on any atom is 0.203 e. The molecule has 0 saturated heterocycles. The lowest BCUT2D eigenvalue weighted by Gasteiger charge is -2.06. The van der Waals surface area contributed by atoms with Crippen molar-refractivity contribution in [3.05, 3.63) is 69.0 Å². The van der Waals surface area contributed by atoms with E-state index in [2.05, 4.69) is 63.5 Å². The minimum absolute atomic E-state index is 0.784. The lowest BCUT2D eigenvalue weighted by atomic mass is 10.0. The molecule has 0 bridgehead atoms. The van der Waals surface area contributed by atoms with Crippen molar-refractivity contribution in [2.75, 3.05) is 5.43 Å². The number of thiazole rings is 1. The van der Waals surface area contributed by atoms with Crippen LogP contribution in [0.2, 0.25) is 0 Å². The van der Waals surface area contributed by atoms with Gasteiger partial charge in [-0.15, -0.1) is 11.3 Å². The number of nitrogens with zero attached hydrogens (tertiary/aromatic N) is 2. The Morgan fingerprint density at radius 3 is 2.65 bits per heavy atom. The summed E-state index contributed by atoms with van der Waals surface area (Å²) in [6, 6.07) is 14.2. The summed E-state index contributed by atoms with van der Waals surface area (Å²) >= 11 is 5.09. The first-order valence-corrected chi connectivity index (χ1v) is 8.88. The van der Waals surface area contributed by atoms with E-state index in [0.717, 1.165) is 26.4 Å². The van der Waals surface area contributed by atoms with E-state index < -0.39 is 0 Å². The number of benzene rings is 2. The molecule has 23 heavy (non-hydrogen) atoms. The Balaban J connectivity index is 1.72. The normalized spacial score (nSPS) is 11.1. The van der Waals surface area contributed by atoms with E-state index in [1.165, 1.54) is 11.1 Å². The van der Waals surface area contributed by atoms with Crippen LogP contribution in [0, 0.1) is 13.8 Å². The third kappa shape index (κ3) is 3.68. The van der Waals surface area contributed by atoms with Gasteiger partial charge in [0.05, 0.1) is 11.9 Å². The monoisotopic (exact) mass is 385 g/mol. The first kappa shape index (κ1) is 15.9. The lowest BCUT2D eigenvalue weighted by Crippen LogP contribution is -1.95. The number of hydrazone groups is 1. The van der Waals surface area contributed by atoms with E-state index in [1.54, 1.807) is 11.3 Å². The van der Waals surface area contributed by atoms with Crippen molar-refractivity contribution >= 4 is 38.6 Å². The second-order valence-electron chi connectivity index (χ2n) is 5.16. The molecule has 0 atom stereocenters. The molecular weight excluding hydrogens is 370 g/mol. The van der Waals surface area contributed by atoms with Crippen LogP contribution in [0.15, 0.2) is 57.4 Å². The molecule has 0 saturated carbocycles. The van der Waals surface area contributed by atoms with Gasteiger partial charge in [-0.2, -0.15) is 5.10 Å². The second-order valence-corrected chi connectivity index (χ2v) is 6.87. The van der Waals surface area contributed by atoms with Crippen molar-refractivity contribution in [3.8, 4) is 11.3 Å². The molecule has 0 fully saturated rings. The number of halogens is 1. The van der Waals surface area contributed by atoms with Crippen LogP contribution in [0.3, 0.4) is 0 Å². The number of hydrogen-bond donors (Lipinski definition) is 1. The molecule has 1 aromatic heterocycles. The molecule has 5 heteroatoms. The maximum atomic E-state index is 4.55. The zero-order chi connectivity index (χ0) is 16.2.